The minimum Gasteiger partial charge on any atom is -0.494 e. The molecule has 0 aliphatic heterocycles. The molecule has 0 spiro atoms. The summed E-state index contributed by atoms with van der Waals surface area (Å²) >= 11 is 5.28. The molecule has 6 heteroatoms. The first kappa shape index (κ1) is 18.8. The van der Waals surface area contributed by atoms with Crippen molar-refractivity contribution in [1.29, 1.82) is 0 Å². The van der Waals surface area contributed by atoms with Gasteiger partial charge in [0.05, 0.1) is 12.1 Å². The van der Waals surface area contributed by atoms with Crippen molar-refractivity contribution in [3.63, 3.8) is 0 Å². The van der Waals surface area contributed by atoms with Crippen LogP contribution in [0, 0.1) is 0 Å². The van der Waals surface area contributed by atoms with Crippen LogP contribution in [0.1, 0.15) is 30.1 Å². The molecule has 0 atom stereocenters. The Balaban J connectivity index is 1.61. The average Bonchev–Trinajstić information content (AvgIpc) is 2.69. The number of carbonyl (C=O) groups is 1. The number of hydrogen-bond acceptors (Lipinski definition) is 4. The summed E-state index contributed by atoms with van der Waals surface area (Å²) in [4.78, 5) is 16.7. The number of fused-ring (bicyclic) bond motifs is 1. The van der Waals surface area contributed by atoms with Crippen LogP contribution in [-0.2, 0) is 0 Å². The second-order valence-electron chi connectivity index (χ2n) is 6.01. The first-order valence-corrected chi connectivity index (χ1v) is 9.27. The van der Waals surface area contributed by atoms with Gasteiger partial charge in [-0.3, -0.25) is 15.1 Å². The van der Waals surface area contributed by atoms with Gasteiger partial charge in [-0.05, 0) is 67.2 Å². The lowest BCUT2D eigenvalue weighted by Gasteiger charge is -2.12. The topological polar surface area (TPSA) is 63.2 Å². The molecule has 3 aromatic rings. The van der Waals surface area contributed by atoms with Crippen molar-refractivity contribution in [2.75, 3.05) is 11.9 Å². The highest BCUT2D eigenvalue weighted by atomic mass is 32.1. The highest BCUT2D eigenvalue weighted by molar-refractivity contribution is 7.80. The van der Waals surface area contributed by atoms with E-state index in [-0.39, 0.29) is 11.0 Å². The molecule has 0 aliphatic carbocycles. The van der Waals surface area contributed by atoms with Crippen LogP contribution in [0.15, 0.2) is 60.8 Å². The molecule has 1 heterocycles. The van der Waals surface area contributed by atoms with Crippen LogP contribution in [0.25, 0.3) is 10.9 Å². The zero-order chi connectivity index (χ0) is 19.1. The van der Waals surface area contributed by atoms with E-state index in [1.807, 2.05) is 30.3 Å². The fourth-order valence-electron chi connectivity index (χ4n) is 2.58. The van der Waals surface area contributed by atoms with Gasteiger partial charge in [0.2, 0.25) is 0 Å². The van der Waals surface area contributed by atoms with Crippen LogP contribution < -0.4 is 15.4 Å². The van der Waals surface area contributed by atoms with Crippen LogP contribution in [0.2, 0.25) is 0 Å². The highest BCUT2D eigenvalue weighted by Gasteiger charge is 2.09. The maximum absolute atomic E-state index is 12.4. The van der Waals surface area contributed by atoms with Crippen molar-refractivity contribution in [2.45, 2.75) is 19.8 Å². The van der Waals surface area contributed by atoms with Crippen LogP contribution in [0.5, 0.6) is 5.75 Å². The Labute approximate surface area is 163 Å². The minimum absolute atomic E-state index is 0.236. The van der Waals surface area contributed by atoms with E-state index in [2.05, 4.69) is 22.5 Å². The van der Waals surface area contributed by atoms with Gasteiger partial charge < -0.3 is 10.1 Å². The monoisotopic (exact) mass is 379 g/mol. The highest BCUT2D eigenvalue weighted by Crippen LogP contribution is 2.21. The van der Waals surface area contributed by atoms with Crippen LogP contribution in [0.4, 0.5) is 5.69 Å². The summed E-state index contributed by atoms with van der Waals surface area (Å²) in [6, 6.07) is 16.5. The number of benzene rings is 2. The first-order chi connectivity index (χ1) is 13.2. The molecule has 2 aromatic carbocycles. The molecule has 3 rings (SSSR count). The molecule has 0 unspecified atom stereocenters. The third-order valence-corrected chi connectivity index (χ3v) is 4.21. The summed E-state index contributed by atoms with van der Waals surface area (Å²) in [6.45, 7) is 2.79. The fourth-order valence-corrected chi connectivity index (χ4v) is 2.78. The number of nitrogens with one attached hydrogen (secondary N) is 2. The van der Waals surface area contributed by atoms with E-state index in [1.165, 1.54) is 0 Å². The molecule has 1 amide bonds. The predicted molar refractivity (Wildman–Crippen MR) is 112 cm³/mol. The van der Waals surface area contributed by atoms with Gasteiger partial charge in [-0.2, -0.15) is 0 Å². The number of anilines is 1. The number of nitrogens with zero attached hydrogens (tertiary/aromatic N) is 1. The minimum atomic E-state index is -0.272. The van der Waals surface area contributed by atoms with E-state index in [4.69, 9.17) is 17.0 Å². The molecule has 0 saturated heterocycles. The number of unbranched alkanes of at least 4 members (excludes halogenated alkanes) is 1. The van der Waals surface area contributed by atoms with E-state index in [9.17, 15) is 4.79 Å². The molecule has 0 saturated carbocycles. The van der Waals surface area contributed by atoms with Gasteiger partial charge in [-0.15, -0.1) is 0 Å². The molecule has 0 bridgehead atoms. The zero-order valence-corrected chi connectivity index (χ0v) is 15.9. The molecular weight excluding hydrogens is 358 g/mol. The van der Waals surface area contributed by atoms with Crippen molar-refractivity contribution in [3.8, 4) is 5.75 Å². The number of hydrogen-bond donors (Lipinski definition) is 2. The second-order valence-corrected chi connectivity index (χ2v) is 6.42. The molecule has 1 aromatic heterocycles. The molecule has 0 fully saturated rings. The Morgan fingerprint density at radius 1 is 1.11 bits per heavy atom. The van der Waals surface area contributed by atoms with Gasteiger partial charge in [0.1, 0.15) is 5.75 Å². The van der Waals surface area contributed by atoms with Gasteiger partial charge in [0, 0.05) is 22.8 Å². The fraction of sp³-hybridized carbons (Fsp3) is 0.190. The zero-order valence-electron chi connectivity index (χ0n) is 15.1. The van der Waals surface area contributed by atoms with Crippen LogP contribution >= 0.6 is 12.2 Å². The summed E-state index contributed by atoms with van der Waals surface area (Å²) in [6.07, 6.45) is 3.82. The molecule has 27 heavy (non-hydrogen) atoms. The van der Waals surface area contributed by atoms with Crippen LogP contribution in [0.3, 0.4) is 0 Å². The normalized spacial score (nSPS) is 10.4. The van der Waals surface area contributed by atoms with E-state index < -0.39 is 0 Å². The lowest BCUT2D eigenvalue weighted by molar-refractivity contribution is 0.0977. The van der Waals surface area contributed by atoms with Gasteiger partial charge >= 0.3 is 0 Å². The quantitative estimate of drug-likeness (QED) is 0.486. The number of aromatic nitrogens is 1. The molecular formula is C21H21N3O2S. The Morgan fingerprint density at radius 3 is 2.70 bits per heavy atom. The predicted octanol–water partition coefficient (Wildman–Crippen LogP) is 4.54. The molecule has 5 nitrogen and oxygen atoms in total. The molecule has 0 aliphatic rings. The van der Waals surface area contributed by atoms with Crippen molar-refractivity contribution in [1.82, 2.24) is 10.3 Å². The summed E-state index contributed by atoms with van der Waals surface area (Å²) in [5.41, 5.74) is 2.17. The average molecular weight is 379 g/mol. The summed E-state index contributed by atoms with van der Waals surface area (Å²) in [5.74, 6) is 0.481. The lowest BCUT2D eigenvalue weighted by Crippen LogP contribution is -2.34. The number of amides is 1. The number of carbonyl (C=O) groups excluding carboxylic acids is 1. The Hall–Kier alpha value is -2.99. The van der Waals surface area contributed by atoms with Crippen molar-refractivity contribution >= 4 is 39.8 Å². The van der Waals surface area contributed by atoms with Gasteiger partial charge in [-0.1, -0.05) is 19.4 Å². The number of rotatable bonds is 6. The van der Waals surface area contributed by atoms with E-state index in [0.29, 0.717) is 12.2 Å². The van der Waals surface area contributed by atoms with Gasteiger partial charge in [0.15, 0.2) is 5.11 Å². The van der Waals surface area contributed by atoms with E-state index >= 15 is 0 Å². The molecule has 0 radical (unpaired) electrons. The second kappa shape index (κ2) is 9.09. The molecule has 2 N–H and O–H groups in total. The largest absolute Gasteiger partial charge is 0.494 e. The lowest BCUT2D eigenvalue weighted by atomic mass is 10.2. The third-order valence-electron chi connectivity index (χ3n) is 4.00. The Morgan fingerprint density at radius 2 is 1.93 bits per heavy atom. The van der Waals surface area contributed by atoms with Crippen molar-refractivity contribution in [2.24, 2.45) is 0 Å². The summed E-state index contributed by atoms with van der Waals surface area (Å²) in [7, 11) is 0. The Bertz CT molecular complexity index is 936. The first-order valence-electron chi connectivity index (χ1n) is 8.86. The maximum atomic E-state index is 12.4. The van der Waals surface area contributed by atoms with Gasteiger partial charge in [0.25, 0.3) is 5.91 Å². The standard InChI is InChI=1S/C21H21N3O2S/c1-2-3-14-26-16-11-9-15(10-12-16)20(25)24-21(27)23-19-8-4-7-18-17(19)6-5-13-22-18/h4-13H,2-3,14H2,1H3,(H2,23,24,25,27). The SMILES string of the molecule is CCCCOc1ccc(C(=O)NC(=S)Nc2cccc3ncccc23)cc1. The van der Waals surface area contributed by atoms with E-state index in [1.54, 1.807) is 30.5 Å². The smallest absolute Gasteiger partial charge is 0.257 e. The number of thiocarbonyl (C=S) groups is 1. The van der Waals surface area contributed by atoms with Crippen molar-refractivity contribution < 1.29 is 9.53 Å². The summed E-state index contributed by atoms with van der Waals surface area (Å²) < 4.78 is 5.61. The number of ether oxygens (including phenoxy) is 1. The third kappa shape index (κ3) is 5.01. The Kier molecular flexibility index (Phi) is 6.33. The van der Waals surface area contributed by atoms with Crippen LogP contribution in [-0.4, -0.2) is 22.6 Å². The van der Waals surface area contributed by atoms with Gasteiger partial charge in [-0.25, -0.2) is 0 Å². The maximum Gasteiger partial charge on any atom is 0.257 e. The van der Waals surface area contributed by atoms with Crippen molar-refractivity contribution in [3.05, 3.63) is 66.4 Å². The summed E-state index contributed by atoms with van der Waals surface area (Å²) in [5, 5.41) is 6.94. The number of pyridine rings is 1. The molecule has 138 valence electrons. The van der Waals surface area contributed by atoms with E-state index in [0.717, 1.165) is 35.2 Å².